The van der Waals surface area contributed by atoms with E-state index in [0.717, 1.165) is 9.13 Å². The number of hydrogen-bond acceptors (Lipinski definition) is 4. The fourth-order valence-electron chi connectivity index (χ4n) is 1.38. The SMILES string of the molecule is Cc1cc(I)cnc1NC(=S)NC(=O)c1ccco1. The van der Waals surface area contributed by atoms with E-state index < -0.39 is 5.91 Å². The summed E-state index contributed by atoms with van der Waals surface area (Å²) in [5.41, 5.74) is 0.946. The lowest BCUT2D eigenvalue weighted by molar-refractivity contribution is 0.0950. The van der Waals surface area contributed by atoms with E-state index in [9.17, 15) is 4.79 Å². The maximum Gasteiger partial charge on any atom is 0.293 e. The minimum Gasteiger partial charge on any atom is -0.459 e. The summed E-state index contributed by atoms with van der Waals surface area (Å²) in [6, 6.07) is 5.16. The van der Waals surface area contributed by atoms with Gasteiger partial charge in [-0.15, -0.1) is 0 Å². The predicted octanol–water partition coefficient (Wildman–Crippen LogP) is 2.71. The molecule has 0 saturated carbocycles. The maximum absolute atomic E-state index is 11.7. The Labute approximate surface area is 128 Å². The normalized spacial score (nSPS) is 10.0. The Hall–Kier alpha value is -1.48. The third kappa shape index (κ3) is 3.74. The zero-order chi connectivity index (χ0) is 13.8. The average molecular weight is 387 g/mol. The van der Waals surface area contributed by atoms with Crippen molar-refractivity contribution in [3.05, 3.63) is 45.6 Å². The van der Waals surface area contributed by atoms with E-state index in [4.69, 9.17) is 16.6 Å². The second-order valence-corrected chi connectivity index (χ2v) is 5.36. The molecule has 0 fully saturated rings. The number of thiocarbonyl (C=S) groups is 1. The minimum atomic E-state index is -0.398. The van der Waals surface area contributed by atoms with Crippen molar-refractivity contribution < 1.29 is 9.21 Å². The van der Waals surface area contributed by atoms with E-state index in [2.05, 4.69) is 38.2 Å². The molecule has 0 bridgehead atoms. The number of carbonyl (C=O) groups excluding carboxylic acids is 1. The van der Waals surface area contributed by atoms with Gasteiger partial charge in [-0.2, -0.15) is 0 Å². The fourth-order valence-corrected chi connectivity index (χ4v) is 2.18. The van der Waals surface area contributed by atoms with Gasteiger partial charge in [0.25, 0.3) is 5.91 Å². The molecule has 0 saturated heterocycles. The molecule has 0 radical (unpaired) electrons. The van der Waals surface area contributed by atoms with Gasteiger partial charge in [0.15, 0.2) is 10.9 Å². The van der Waals surface area contributed by atoms with Crippen molar-refractivity contribution in [2.45, 2.75) is 6.92 Å². The zero-order valence-electron chi connectivity index (χ0n) is 9.94. The molecule has 0 atom stereocenters. The predicted molar refractivity (Wildman–Crippen MR) is 84.1 cm³/mol. The van der Waals surface area contributed by atoms with E-state index >= 15 is 0 Å². The molecule has 0 aliphatic carbocycles. The first-order valence-electron chi connectivity index (χ1n) is 5.34. The molecular weight excluding hydrogens is 377 g/mol. The summed E-state index contributed by atoms with van der Waals surface area (Å²) in [5.74, 6) is 0.423. The summed E-state index contributed by atoms with van der Waals surface area (Å²) in [5, 5.41) is 5.57. The Bertz CT molecular complexity index is 613. The highest BCUT2D eigenvalue weighted by Gasteiger charge is 2.11. The van der Waals surface area contributed by atoms with Gasteiger partial charge in [0, 0.05) is 9.77 Å². The molecule has 1 amide bonds. The zero-order valence-corrected chi connectivity index (χ0v) is 12.9. The van der Waals surface area contributed by atoms with Gasteiger partial charge in [0.05, 0.1) is 6.26 Å². The molecule has 19 heavy (non-hydrogen) atoms. The number of aryl methyl sites for hydroxylation is 1. The highest BCUT2D eigenvalue weighted by Crippen LogP contribution is 2.14. The van der Waals surface area contributed by atoms with Crippen LogP contribution in [0, 0.1) is 10.5 Å². The van der Waals surface area contributed by atoms with Crippen molar-refractivity contribution in [3.8, 4) is 0 Å². The monoisotopic (exact) mass is 387 g/mol. The number of aromatic nitrogens is 1. The van der Waals surface area contributed by atoms with Gasteiger partial charge in [0.2, 0.25) is 0 Å². The van der Waals surface area contributed by atoms with Crippen molar-refractivity contribution in [2.24, 2.45) is 0 Å². The van der Waals surface area contributed by atoms with Gasteiger partial charge in [0.1, 0.15) is 5.82 Å². The molecule has 7 heteroatoms. The van der Waals surface area contributed by atoms with Crippen LogP contribution < -0.4 is 10.6 Å². The first-order valence-corrected chi connectivity index (χ1v) is 6.83. The quantitative estimate of drug-likeness (QED) is 0.613. The molecule has 0 aliphatic heterocycles. The standard InChI is InChI=1S/C12H10IN3O2S/c1-7-5-8(13)6-14-10(7)15-12(19)16-11(17)9-3-2-4-18-9/h2-6H,1H3,(H2,14,15,16,17,19). The van der Waals surface area contributed by atoms with Crippen LogP contribution in [0.4, 0.5) is 5.82 Å². The molecule has 2 N–H and O–H groups in total. The highest BCUT2D eigenvalue weighted by atomic mass is 127. The number of amides is 1. The summed E-state index contributed by atoms with van der Waals surface area (Å²) in [7, 11) is 0. The van der Waals surface area contributed by atoms with Crippen molar-refractivity contribution >= 4 is 51.6 Å². The lowest BCUT2D eigenvalue weighted by Gasteiger charge is -2.10. The molecule has 2 aromatic rings. The topological polar surface area (TPSA) is 67.2 Å². The average Bonchev–Trinajstić information content (AvgIpc) is 2.86. The lowest BCUT2D eigenvalue weighted by atomic mass is 10.3. The van der Waals surface area contributed by atoms with Gasteiger partial charge >= 0.3 is 0 Å². The third-order valence-corrected chi connectivity index (χ3v) is 3.04. The molecule has 2 heterocycles. The number of nitrogens with one attached hydrogen (secondary N) is 2. The molecule has 2 rings (SSSR count). The van der Waals surface area contributed by atoms with Crippen molar-refractivity contribution in [2.75, 3.05) is 5.32 Å². The van der Waals surface area contributed by atoms with Crippen LogP contribution >= 0.6 is 34.8 Å². The summed E-state index contributed by atoms with van der Waals surface area (Å²) in [6.07, 6.45) is 3.14. The Morgan fingerprint density at radius 2 is 2.32 bits per heavy atom. The number of anilines is 1. The molecule has 0 unspecified atom stereocenters. The molecule has 98 valence electrons. The fraction of sp³-hybridized carbons (Fsp3) is 0.0833. The van der Waals surface area contributed by atoms with Gasteiger partial charge in [-0.25, -0.2) is 4.98 Å². The Morgan fingerprint density at radius 1 is 1.53 bits per heavy atom. The van der Waals surface area contributed by atoms with E-state index in [1.165, 1.54) is 6.26 Å². The molecule has 0 spiro atoms. The van der Waals surface area contributed by atoms with Crippen LogP contribution in [0.3, 0.4) is 0 Å². The van der Waals surface area contributed by atoms with E-state index in [0.29, 0.717) is 5.82 Å². The summed E-state index contributed by atoms with van der Waals surface area (Å²) >= 11 is 7.23. The van der Waals surface area contributed by atoms with Gasteiger partial charge in [-0.05, 0) is 65.5 Å². The van der Waals surface area contributed by atoms with E-state index in [1.54, 1.807) is 18.3 Å². The Kier molecular flexibility index (Phi) is 4.48. The van der Waals surface area contributed by atoms with E-state index in [-0.39, 0.29) is 10.9 Å². The molecular formula is C12H10IN3O2S. The molecule has 0 aliphatic rings. The first kappa shape index (κ1) is 13.9. The number of hydrogen-bond donors (Lipinski definition) is 2. The number of rotatable bonds is 2. The summed E-state index contributed by atoms with van der Waals surface area (Å²) in [4.78, 5) is 15.9. The minimum absolute atomic E-state index is 0.179. The van der Waals surface area contributed by atoms with Crippen LogP contribution in [0.5, 0.6) is 0 Å². The Morgan fingerprint density at radius 3 is 2.95 bits per heavy atom. The van der Waals surface area contributed by atoms with Crippen molar-refractivity contribution in [1.82, 2.24) is 10.3 Å². The van der Waals surface area contributed by atoms with Gasteiger partial charge in [-0.3, -0.25) is 10.1 Å². The van der Waals surface area contributed by atoms with Crippen LogP contribution in [-0.2, 0) is 0 Å². The lowest BCUT2D eigenvalue weighted by Crippen LogP contribution is -2.34. The van der Waals surface area contributed by atoms with Crippen LogP contribution in [-0.4, -0.2) is 16.0 Å². The Balaban J connectivity index is 2.00. The second kappa shape index (κ2) is 6.11. The smallest absolute Gasteiger partial charge is 0.293 e. The number of furan rings is 1. The van der Waals surface area contributed by atoms with Gasteiger partial charge in [-0.1, -0.05) is 0 Å². The number of halogens is 1. The molecule has 2 aromatic heterocycles. The largest absolute Gasteiger partial charge is 0.459 e. The van der Waals surface area contributed by atoms with Crippen LogP contribution in [0.2, 0.25) is 0 Å². The van der Waals surface area contributed by atoms with Crippen LogP contribution in [0.15, 0.2) is 35.1 Å². The van der Waals surface area contributed by atoms with Crippen molar-refractivity contribution in [3.63, 3.8) is 0 Å². The third-order valence-electron chi connectivity index (χ3n) is 2.25. The molecule has 5 nitrogen and oxygen atoms in total. The number of carbonyl (C=O) groups is 1. The molecule has 0 aromatic carbocycles. The highest BCUT2D eigenvalue weighted by molar-refractivity contribution is 14.1. The van der Waals surface area contributed by atoms with E-state index in [1.807, 2.05) is 13.0 Å². The first-order chi connectivity index (χ1) is 9.06. The summed E-state index contributed by atoms with van der Waals surface area (Å²) < 4.78 is 6.00. The van der Waals surface area contributed by atoms with Crippen LogP contribution in [0.1, 0.15) is 16.1 Å². The second-order valence-electron chi connectivity index (χ2n) is 3.70. The maximum atomic E-state index is 11.7. The van der Waals surface area contributed by atoms with Crippen LogP contribution in [0.25, 0.3) is 0 Å². The summed E-state index contributed by atoms with van der Waals surface area (Å²) in [6.45, 7) is 1.91. The van der Waals surface area contributed by atoms with Gasteiger partial charge < -0.3 is 9.73 Å². The number of nitrogens with zero attached hydrogens (tertiary/aromatic N) is 1. The van der Waals surface area contributed by atoms with Crippen molar-refractivity contribution in [1.29, 1.82) is 0 Å². The number of pyridine rings is 1.